The van der Waals surface area contributed by atoms with Crippen LogP contribution in [0.5, 0.6) is 0 Å². The van der Waals surface area contributed by atoms with E-state index in [4.69, 9.17) is 71.5 Å². The molecule has 18 aromatic heterocycles. The van der Waals surface area contributed by atoms with Gasteiger partial charge in [0.1, 0.15) is 67.2 Å². The van der Waals surface area contributed by atoms with Crippen molar-refractivity contribution in [1.82, 2.24) is 41.3 Å². The van der Waals surface area contributed by atoms with Crippen molar-refractivity contribution < 1.29 is 71.5 Å². The second-order valence-electron chi connectivity index (χ2n) is 26.2. The average molecular weight is 1550 g/mol. The van der Waals surface area contributed by atoms with E-state index in [2.05, 4.69) is 88.6 Å². The molecule has 0 unspecified atom stereocenters. The van der Waals surface area contributed by atoms with Gasteiger partial charge in [-0.05, 0) is 283 Å². The molecule has 0 amide bonds. The van der Waals surface area contributed by atoms with Gasteiger partial charge in [-0.15, -0.1) is 22.7 Å². The van der Waals surface area contributed by atoms with E-state index in [1.165, 1.54) is 22.7 Å². The topological polar surface area (TPSA) is 313 Å². The van der Waals surface area contributed by atoms with Gasteiger partial charge in [0.05, 0.1) is 30.3 Å². The van der Waals surface area contributed by atoms with Crippen molar-refractivity contribution in [2.75, 3.05) is 0 Å². The van der Waals surface area contributed by atoms with Crippen molar-refractivity contribution in [3.05, 3.63) is 274 Å². The zero-order valence-corrected chi connectivity index (χ0v) is 60.5. The Labute approximate surface area is 655 Å². The highest BCUT2D eigenvalue weighted by molar-refractivity contribution is 7.21. The molecule has 23 rings (SSSR count). The molecule has 0 atom stereocenters. The maximum Gasteiger partial charge on any atom is 0.178 e. The molecule has 0 N–H and O–H groups in total. The quantitative estimate of drug-likeness (QED) is 0.103. The molecule has 18 heterocycles. The van der Waals surface area contributed by atoms with Crippen LogP contribution in [0.3, 0.4) is 0 Å². The molecule has 0 radical (unpaired) electrons. The van der Waals surface area contributed by atoms with Crippen LogP contribution in [0.1, 0.15) is 43.9 Å². The minimum atomic E-state index is 0.365. The number of hydrogen-bond acceptors (Lipinski definition) is 26. The van der Waals surface area contributed by atoms with Gasteiger partial charge >= 0.3 is 0 Å². The van der Waals surface area contributed by atoms with E-state index in [0.717, 1.165) is 42.4 Å². The second kappa shape index (κ2) is 26.5. The van der Waals surface area contributed by atoms with Gasteiger partial charge in [-0.2, -0.15) is 0 Å². The Bertz CT molecular complexity index is 7580. The van der Waals surface area contributed by atoms with Crippen molar-refractivity contribution in [2.45, 2.75) is 0 Å². The van der Waals surface area contributed by atoms with E-state index in [-0.39, 0.29) is 0 Å². The number of fused-ring (bicyclic) bond motifs is 6. The van der Waals surface area contributed by atoms with E-state index >= 15 is 0 Å². The smallest absolute Gasteiger partial charge is 0.178 e. The van der Waals surface area contributed by atoms with E-state index in [0.29, 0.717) is 203 Å². The molecule has 0 bridgehead atoms. The first kappa shape index (κ1) is 65.1. The summed E-state index contributed by atoms with van der Waals surface area (Å²) in [6, 6.07) is 69.9. The third-order valence-corrected chi connectivity index (χ3v) is 21.3. The number of nitrogens with zero attached hydrogens (tertiary/aromatic N) is 8. The first-order chi connectivity index (χ1) is 57.3. The van der Waals surface area contributed by atoms with E-state index < -0.39 is 0 Å². The first-order valence-electron chi connectivity index (χ1n) is 35.5. The van der Waals surface area contributed by atoms with Crippen LogP contribution in [0.2, 0.25) is 0 Å². The maximum absolute atomic E-state index is 6.46. The zero-order valence-electron chi connectivity index (χ0n) is 58.9. The lowest BCUT2D eigenvalue weighted by Crippen LogP contribution is -1.84. The summed E-state index contributed by atoms with van der Waals surface area (Å²) in [7, 11) is 0. The lowest BCUT2D eigenvalue weighted by molar-refractivity contribution is 0.315. The Morgan fingerprint density at radius 1 is 0.198 bits per heavy atom. The predicted octanol–water partition coefficient (Wildman–Crippen LogP) is 23.0. The van der Waals surface area contributed by atoms with Crippen LogP contribution in [0.25, 0.3) is 202 Å². The van der Waals surface area contributed by atoms with Crippen molar-refractivity contribution in [1.29, 1.82) is 0 Å². The SMILES string of the molecule is C(#Cc1cc2c(C#Cc3ccc(-c4ccc(-c5ccc(-c6cccc7nonc67)o5)o4)o3)c3sc(C#Cc4ccc(-c5ccc(-c6ccc(-c7cccc8nonc78)o6)o5)o4)cc3c(C#Cc3ccc(-c4ccc(-c5ccc(-c6cccc7nonc67)o5)o4)o3)c2s1)c1ccc(-c2ccc(-c3ccc(-c4cccc5nonc45)o3)o2)o1. The van der Waals surface area contributed by atoms with Crippen molar-refractivity contribution in [3.63, 3.8) is 0 Å². The summed E-state index contributed by atoms with van der Waals surface area (Å²) >= 11 is 2.89. The molecule has 0 spiro atoms. The summed E-state index contributed by atoms with van der Waals surface area (Å²) < 4.78 is 97.6. The minimum absolute atomic E-state index is 0.365. The summed E-state index contributed by atoms with van der Waals surface area (Å²) in [4.78, 5) is 1.37. The Morgan fingerprint density at radius 2 is 0.414 bits per heavy atom. The Balaban J connectivity index is 0.599. The fourth-order valence-corrected chi connectivity index (χ4v) is 15.7. The molecule has 24 nitrogen and oxygen atoms in total. The number of hydrogen-bond donors (Lipinski definition) is 0. The van der Waals surface area contributed by atoms with E-state index in [1.807, 2.05) is 182 Å². The summed E-state index contributed by atoms with van der Waals surface area (Å²) in [6.45, 7) is 0. The standard InChI is InChI=1S/C90H38N8O16S2/c1-5-55(85-61(9-1)91-111-95-85)65-29-33-77(103-65)81-41-37-73(107-81)69-25-17-47(99-69)13-21-51-45-59-53(23-15-49-19-27-71(101-49)75-39-43-83(109-75)79-35-31-67(105-79)57-7-3-11-63-87(57)97-113-93-63)90-60(46-52(116-90)22-14-48-18-26-70(100-48)74-38-42-82(108-74)78-34-30-66(104-78)56-6-2-10-62-86(56)96-112-92-62)54(89(59)115-51)24-16-50-20-28-72(102-50)76-40-44-84(110-76)80-36-32-68(106-80)58-8-4-12-64-88(58)98-114-94-64/h1-12,17-20,25-46H. The molecular weight excluding hydrogens is 1510 g/mol. The Hall–Kier alpha value is -16.8. The molecule has 116 heavy (non-hydrogen) atoms. The molecule has 0 saturated heterocycles. The number of benzene rings is 5. The highest BCUT2D eigenvalue weighted by atomic mass is 32.1. The molecule has 26 heteroatoms. The monoisotopic (exact) mass is 1550 g/mol. The van der Waals surface area contributed by atoms with Gasteiger partial charge in [-0.1, -0.05) is 36.1 Å². The van der Waals surface area contributed by atoms with E-state index in [9.17, 15) is 0 Å². The number of rotatable bonds is 12. The molecule has 0 aliphatic heterocycles. The summed E-state index contributed by atoms with van der Waals surface area (Å²) in [5.74, 6) is 38.4. The maximum atomic E-state index is 6.46. The van der Waals surface area contributed by atoms with Crippen LogP contribution in [0.4, 0.5) is 0 Å². The van der Waals surface area contributed by atoms with Crippen molar-refractivity contribution in [2.24, 2.45) is 0 Å². The third kappa shape index (κ3) is 11.5. The van der Waals surface area contributed by atoms with Gasteiger partial charge < -0.3 is 53.0 Å². The Kier molecular flexibility index (Phi) is 14.9. The summed E-state index contributed by atoms with van der Waals surface area (Å²) in [5, 5.41) is 33.7. The summed E-state index contributed by atoms with van der Waals surface area (Å²) in [6.07, 6.45) is 0. The molecular formula is C90H38N8O16S2. The van der Waals surface area contributed by atoms with Crippen LogP contribution in [0, 0.1) is 47.4 Å². The molecule has 23 aromatic rings. The highest BCUT2D eigenvalue weighted by Crippen LogP contribution is 2.45. The second-order valence-corrected chi connectivity index (χ2v) is 28.3. The molecule has 0 saturated carbocycles. The summed E-state index contributed by atoms with van der Waals surface area (Å²) in [5.41, 5.74) is 9.03. The number of furan rings is 12. The fraction of sp³-hybridized carbons (Fsp3) is 0. The number of thiophene rings is 2. The van der Waals surface area contributed by atoms with Crippen LogP contribution >= 0.6 is 22.7 Å². The van der Waals surface area contributed by atoms with E-state index in [1.54, 1.807) is 48.5 Å². The zero-order chi connectivity index (χ0) is 76.3. The van der Waals surface area contributed by atoms with Gasteiger partial charge in [0, 0.05) is 33.0 Å². The van der Waals surface area contributed by atoms with Crippen LogP contribution in [0.15, 0.2) is 302 Å². The average Bonchev–Trinajstić information content (AvgIpc) is 1.58. The van der Waals surface area contributed by atoms with Crippen LogP contribution in [-0.4, -0.2) is 41.3 Å². The van der Waals surface area contributed by atoms with Gasteiger partial charge in [0.15, 0.2) is 115 Å². The van der Waals surface area contributed by atoms with Crippen LogP contribution in [-0.2, 0) is 0 Å². The molecule has 0 aliphatic rings. The van der Waals surface area contributed by atoms with Crippen LogP contribution < -0.4 is 0 Å². The Morgan fingerprint density at radius 3 is 0.672 bits per heavy atom. The van der Waals surface area contributed by atoms with Crippen molar-refractivity contribution in [3.8, 4) is 185 Å². The lowest BCUT2D eigenvalue weighted by atomic mass is 10.0. The number of aromatic nitrogens is 8. The molecule has 0 aliphatic carbocycles. The highest BCUT2D eigenvalue weighted by Gasteiger charge is 2.25. The normalized spacial score (nSPS) is 11.5. The largest absolute Gasteiger partial charge is 0.453 e. The van der Waals surface area contributed by atoms with Gasteiger partial charge in [0.2, 0.25) is 0 Å². The van der Waals surface area contributed by atoms with Gasteiger partial charge in [-0.25, -0.2) is 18.5 Å². The van der Waals surface area contributed by atoms with Gasteiger partial charge in [0.25, 0.3) is 0 Å². The van der Waals surface area contributed by atoms with Crippen molar-refractivity contribution >= 4 is 87.0 Å². The lowest BCUT2D eigenvalue weighted by Gasteiger charge is -2.02. The predicted molar refractivity (Wildman–Crippen MR) is 421 cm³/mol. The molecule has 546 valence electrons. The van der Waals surface area contributed by atoms with Gasteiger partial charge in [-0.3, -0.25) is 0 Å². The minimum Gasteiger partial charge on any atom is -0.453 e. The molecule has 0 fully saturated rings. The molecule has 5 aromatic carbocycles. The third-order valence-electron chi connectivity index (χ3n) is 19.1. The fourth-order valence-electron chi connectivity index (χ4n) is 13.7. The first-order valence-corrected chi connectivity index (χ1v) is 37.2.